The third-order valence-corrected chi connectivity index (χ3v) is 3.15. The Bertz CT molecular complexity index is 253. The van der Waals surface area contributed by atoms with E-state index in [9.17, 15) is 9.90 Å². The molecule has 1 aliphatic rings. The molecule has 1 amide bonds. The summed E-state index contributed by atoms with van der Waals surface area (Å²) in [6.07, 6.45) is 2.05. The number of hydrogen-bond donors (Lipinski definition) is 3. The van der Waals surface area contributed by atoms with Gasteiger partial charge in [-0.15, -0.1) is 0 Å². The SMILES string of the molecule is CC(C)NC(=O)C(C)NCC(O)CN1CCCC1. The summed E-state index contributed by atoms with van der Waals surface area (Å²) in [5.74, 6) is -0.0154. The van der Waals surface area contributed by atoms with Crippen LogP contribution in [0.5, 0.6) is 0 Å². The van der Waals surface area contributed by atoms with Crippen LogP contribution in [0.3, 0.4) is 0 Å². The lowest BCUT2D eigenvalue weighted by Crippen LogP contribution is -2.48. The molecule has 1 fully saturated rings. The van der Waals surface area contributed by atoms with Crippen LogP contribution in [-0.4, -0.2) is 60.3 Å². The van der Waals surface area contributed by atoms with Crippen LogP contribution in [-0.2, 0) is 4.79 Å². The van der Waals surface area contributed by atoms with E-state index < -0.39 is 6.10 Å². The zero-order valence-corrected chi connectivity index (χ0v) is 11.8. The summed E-state index contributed by atoms with van der Waals surface area (Å²) in [5, 5.41) is 15.8. The average molecular weight is 257 g/mol. The van der Waals surface area contributed by atoms with Gasteiger partial charge in [0, 0.05) is 19.1 Å². The summed E-state index contributed by atoms with van der Waals surface area (Å²) in [7, 11) is 0. The Morgan fingerprint density at radius 1 is 1.28 bits per heavy atom. The first kappa shape index (κ1) is 15.4. The summed E-state index contributed by atoms with van der Waals surface area (Å²) in [5.41, 5.74) is 0. The normalized spacial score (nSPS) is 20.1. The number of aliphatic hydroxyl groups excluding tert-OH is 1. The molecule has 1 rings (SSSR count). The monoisotopic (exact) mass is 257 g/mol. The van der Waals surface area contributed by atoms with Crippen molar-refractivity contribution in [2.75, 3.05) is 26.2 Å². The van der Waals surface area contributed by atoms with E-state index in [0.29, 0.717) is 13.1 Å². The Hall–Kier alpha value is -0.650. The van der Waals surface area contributed by atoms with E-state index in [1.807, 2.05) is 20.8 Å². The van der Waals surface area contributed by atoms with Crippen LogP contribution in [0.15, 0.2) is 0 Å². The van der Waals surface area contributed by atoms with Gasteiger partial charge in [0.15, 0.2) is 0 Å². The van der Waals surface area contributed by atoms with Gasteiger partial charge in [-0.2, -0.15) is 0 Å². The summed E-state index contributed by atoms with van der Waals surface area (Å²) < 4.78 is 0. The first-order chi connectivity index (χ1) is 8.49. The molecule has 0 aromatic heterocycles. The molecular weight excluding hydrogens is 230 g/mol. The van der Waals surface area contributed by atoms with Crippen molar-refractivity contribution in [3.05, 3.63) is 0 Å². The fraction of sp³-hybridized carbons (Fsp3) is 0.923. The predicted octanol–water partition coefficient (Wildman–Crippen LogP) is -0.0542. The number of nitrogens with one attached hydrogen (secondary N) is 2. The molecule has 2 unspecified atom stereocenters. The van der Waals surface area contributed by atoms with E-state index in [-0.39, 0.29) is 18.0 Å². The van der Waals surface area contributed by atoms with Crippen LogP contribution in [0.2, 0.25) is 0 Å². The largest absolute Gasteiger partial charge is 0.390 e. The van der Waals surface area contributed by atoms with Crippen LogP contribution < -0.4 is 10.6 Å². The first-order valence-corrected chi connectivity index (χ1v) is 6.93. The molecule has 0 aromatic rings. The molecule has 0 aromatic carbocycles. The number of hydrogen-bond acceptors (Lipinski definition) is 4. The second-order valence-corrected chi connectivity index (χ2v) is 5.45. The maximum atomic E-state index is 11.6. The molecule has 0 radical (unpaired) electrons. The Labute approximate surface area is 110 Å². The lowest BCUT2D eigenvalue weighted by atomic mass is 10.2. The Morgan fingerprint density at radius 3 is 2.44 bits per heavy atom. The lowest BCUT2D eigenvalue weighted by Gasteiger charge is -2.22. The number of β-amino-alcohol motifs (C(OH)–C–C–N with tert-alkyl or cyclic N) is 1. The van der Waals surface area contributed by atoms with Gasteiger partial charge in [0.05, 0.1) is 12.1 Å². The molecular formula is C13H27N3O2. The summed E-state index contributed by atoms with van der Waals surface area (Å²) in [6, 6.07) is -0.114. The fourth-order valence-corrected chi connectivity index (χ4v) is 2.14. The van der Waals surface area contributed by atoms with E-state index in [2.05, 4.69) is 15.5 Å². The van der Waals surface area contributed by atoms with Crippen LogP contribution in [0.4, 0.5) is 0 Å². The number of carbonyl (C=O) groups is 1. The van der Waals surface area contributed by atoms with Gasteiger partial charge in [-0.25, -0.2) is 0 Å². The topological polar surface area (TPSA) is 64.6 Å². The van der Waals surface area contributed by atoms with Gasteiger partial charge < -0.3 is 20.6 Å². The van der Waals surface area contributed by atoms with E-state index in [0.717, 1.165) is 13.1 Å². The zero-order chi connectivity index (χ0) is 13.5. The third-order valence-electron chi connectivity index (χ3n) is 3.15. The molecule has 106 valence electrons. The minimum absolute atomic E-state index is 0.0154. The standard InChI is InChI=1S/C13H27N3O2/c1-10(2)15-13(18)11(3)14-8-12(17)9-16-6-4-5-7-16/h10-12,14,17H,4-9H2,1-3H3,(H,15,18). The molecule has 1 aliphatic heterocycles. The number of carbonyl (C=O) groups excluding carboxylic acids is 1. The van der Waals surface area contributed by atoms with Crippen LogP contribution in [0.1, 0.15) is 33.6 Å². The van der Waals surface area contributed by atoms with Crippen molar-refractivity contribution >= 4 is 5.91 Å². The van der Waals surface area contributed by atoms with Gasteiger partial charge in [-0.1, -0.05) is 0 Å². The second kappa shape index (κ2) is 7.71. The summed E-state index contributed by atoms with van der Waals surface area (Å²) in [6.45, 7) is 9.02. The number of rotatable bonds is 7. The van der Waals surface area contributed by atoms with E-state index in [4.69, 9.17) is 0 Å². The maximum Gasteiger partial charge on any atom is 0.237 e. The van der Waals surface area contributed by atoms with E-state index >= 15 is 0 Å². The van der Waals surface area contributed by atoms with Gasteiger partial charge in [0.2, 0.25) is 5.91 Å². The molecule has 3 N–H and O–H groups in total. The molecule has 0 bridgehead atoms. The minimum atomic E-state index is -0.405. The highest BCUT2D eigenvalue weighted by molar-refractivity contribution is 5.81. The second-order valence-electron chi connectivity index (χ2n) is 5.45. The van der Waals surface area contributed by atoms with Crippen molar-refractivity contribution < 1.29 is 9.90 Å². The zero-order valence-electron chi connectivity index (χ0n) is 11.8. The quantitative estimate of drug-likeness (QED) is 0.598. The summed E-state index contributed by atoms with van der Waals surface area (Å²) >= 11 is 0. The molecule has 1 saturated heterocycles. The van der Waals surface area contributed by atoms with Gasteiger partial charge in [0.1, 0.15) is 0 Å². The van der Waals surface area contributed by atoms with Gasteiger partial charge in [-0.05, 0) is 46.7 Å². The number of amides is 1. The molecule has 18 heavy (non-hydrogen) atoms. The van der Waals surface area contributed by atoms with Crippen molar-refractivity contribution in [3.8, 4) is 0 Å². The van der Waals surface area contributed by atoms with Crippen molar-refractivity contribution in [2.45, 2.75) is 51.8 Å². The van der Waals surface area contributed by atoms with E-state index in [1.54, 1.807) is 0 Å². The maximum absolute atomic E-state index is 11.6. The molecule has 1 heterocycles. The number of nitrogens with zero attached hydrogens (tertiary/aromatic N) is 1. The predicted molar refractivity (Wildman–Crippen MR) is 72.4 cm³/mol. The molecule has 5 heteroatoms. The fourth-order valence-electron chi connectivity index (χ4n) is 2.14. The van der Waals surface area contributed by atoms with Crippen LogP contribution >= 0.6 is 0 Å². The van der Waals surface area contributed by atoms with E-state index in [1.165, 1.54) is 12.8 Å². The third kappa shape index (κ3) is 5.80. The molecule has 5 nitrogen and oxygen atoms in total. The Morgan fingerprint density at radius 2 is 1.89 bits per heavy atom. The van der Waals surface area contributed by atoms with Crippen LogP contribution in [0.25, 0.3) is 0 Å². The van der Waals surface area contributed by atoms with Gasteiger partial charge in [-0.3, -0.25) is 4.79 Å². The highest BCUT2D eigenvalue weighted by atomic mass is 16.3. The molecule has 0 spiro atoms. The van der Waals surface area contributed by atoms with Crippen molar-refractivity contribution in [2.24, 2.45) is 0 Å². The number of aliphatic hydroxyl groups is 1. The molecule has 0 aliphatic carbocycles. The van der Waals surface area contributed by atoms with Gasteiger partial charge >= 0.3 is 0 Å². The Balaban J connectivity index is 2.16. The van der Waals surface area contributed by atoms with Gasteiger partial charge in [0.25, 0.3) is 0 Å². The minimum Gasteiger partial charge on any atom is -0.390 e. The molecule has 2 atom stereocenters. The first-order valence-electron chi connectivity index (χ1n) is 6.93. The number of likely N-dealkylation sites (tertiary alicyclic amines) is 1. The summed E-state index contributed by atoms with van der Waals surface area (Å²) in [4.78, 5) is 13.9. The average Bonchev–Trinajstić information content (AvgIpc) is 2.77. The highest BCUT2D eigenvalue weighted by Gasteiger charge is 2.18. The van der Waals surface area contributed by atoms with Crippen molar-refractivity contribution in [3.63, 3.8) is 0 Å². The van der Waals surface area contributed by atoms with Crippen molar-refractivity contribution in [1.82, 2.24) is 15.5 Å². The smallest absolute Gasteiger partial charge is 0.237 e. The van der Waals surface area contributed by atoms with Crippen LogP contribution in [0, 0.1) is 0 Å². The lowest BCUT2D eigenvalue weighted by molar-refractivity contribution is -0.123. The molecule has 0 saturated carbocycles. The van der Waals surface area contributed by atoms with Crippen molar-refractivity contribution in [1.29, 1.82) is 0 Å². The highest BCUT2D eigenvalue weighted by Crippen LogP contribution is 2.07. The Kier molecular flexibility index (Phi) is 6.60.